The minimum Gasteiger partial charge on any atom is -0.493 e. The van der Waals surface area contributed by atoms with Crippen LogP contribution in [0.5, 0.6) is 11.5 Å². The van der Waals surface area contributed by atoms with Crippen LogP contribution in [0.15, 0.2) is 52.0 Å². The first kappa shape index (κ1) is 20.5. The van der Waals surface area contributed by atoms with Gasteiger partial charge in [-0.15, -0.1) is 0 Å². The van der Waals surface area contributed by atoms with Crippen molar-refractivity contribution in [1.82, 2.24) is 15.5 Å². The average molecular weight is 416 g/mol. The van der Waals surface area contributed by atoms with Crippen molar-refractivity contribution in [3.63, 3.8) is 0 Å². The van der Waals surface area contributed by atoms with E-state index in [0.717, 1.165) is 11.3 Å². The highest BCUT2D eigenvalue weighted by Crippen LogP contribution is 2.30. The van der Waals surface area contributed by atoms with E-state index in [1.54, 1.807) is 26.3 Å². The van der Waals surface area contributed by atoms with E-state index in [4.69, 9.17) is 25.6 Å². The summed E-state index contributed by atoms with van der Waals surface area (Å²) in [6.45, 7) is 2.79. The zero-order valence-electron chi connectivity index (χ0n) is 16.4. The average Bonchev–Trinajstić information content (AvgIpc) is 3.21. The molecule has 152 valence electrons. The molecule has 0 aliphatic rings. The molecule has 0 fully saturated rings. The van der Waals surface area contributed by atoms with Crippen LogP contribution in [-0.4, -0.2) is 36.9 Å². The van der Waals surface area contributed by atoms with E-state index in [2.05, 4.69) is 25.8 Å². The summed E-state index contributed by atoms with van der Waals surface area (Å²) in [6, 6.07) is 12.8. The third-order valence-corrected chi connectivity index (χ3v) is 4.14. The fraction of sp³-hybridized carbons (Fsp3) is 0.250. The molecule has 0 unspecified atom stereocenters. The first-order chi connectivity index (χ1) is 14.1. The summed E-state index contributed by atoms with van der Waals surface area (Å²) in [5.74, 6) is 2.76. The van der Waals surface area contributed by atoms with Gasteiger partial charge in [0.05, 0.1) is 20.3 Å². The quantitative estimate of drug-likeness (QED) is 0.445. The Morgan fingerprint density at radius 3 is 2.79 bits per heavy atom. The fourth-order valence-electron chi connectivity index (χ4n) is 2.57. The van der Waals surface area contributed by atoms with Crippen LogP contribution >= 0.6 is 11.6 Å². The number of rotatable bonds is 7. The maximum Gasteiger partial charge on any atom is 0.246 e. The number of hydrogen-bond donors (Lipinski definition) is 2. The predicted molar refractivity (Wildman–Crippen MR) is 113 cm³/mol. The van der Waals surface area contributed by atoms with E-state index in [1.807, 2.05) is 37.3 Å². The van der Waals surface area contributed by atoms with Gasteiger partial charge >= 0.3 is 0 Å². The SMILES string of the molecule is CCOc1ccc(NC(=NC)NCc2nc(-c3cccc(Cl)c3)no2)cc1OC. The summed E-state index contributed by atoms with van der Waals surface area (Å²) in [5.41, 5.74) is 1.58. The molecule has 9 heteroatoms. The molecular formula is C20H22ClN5O3. The van der Waals surface area contributed by atoms with Crippen molar-refractivity contribution in [2.75, 3.05) is 26.1 Å². The van der Waals surface area contributed by atoms with Gasteiger partial charge in [-0.2, -0.15) is 4.98 Å². The van der Waals surface area contributed by atoms with Gasteiger partial charge in [-0.1, -0.05) is 28.9 Å². The van der Waals surface area contributed by atoms with Gasteiger partial charge in [0.1, 0.15) is 0 Å². The molecule has 0 saturated heterocycles. The van der Waals surface area contributed by atoms with Crippen LogP contribution in [0.1, 0.15) is 12.8 Å². The van der Waals surface area contributed by atoms with Crippen molar-refractivity contribution < 1.29 is 14.0 Å². The highest BCUT2D eigenvalue weighted by Gasteiger charge is 2.11. The molecule has 3 aromatic rings. The molecule has 1 aromatic heterocycles. The van der Waals surface area contributed by atoms with Crippen LogP contribution in [0.2, 0.25) is 5.02 Å². The zero-order valence-corrected chi connectivity index (χ0v) is 17.2. The van der Waals surface area contributed by atoms with Gasteiger partial charge in [0.2, 0.25) is 11.7 Å². The summed E-state index contributed by atoms with van der Waals surface area (Å²) >= 11 is 6.01. The normalized spacial score (nSPS) is 11.2. The molecule has 0 atom stereocenters. The number of anilines is 1. The Hall–Kier alpha value is -3.26. The summed E-state index contributed by atoms with van der Waals surface area (Å²) in [4.78, 5) is 8.58. The molecule has 29 heavy (non-hydrogen) atoms. The molecule has 0 bridgehead atoms. The zero-order chi connectivity index (χ0) is 20.6. The molecular weight excluding hydrogens is 394 g/mol. The largest absolute Gasteiger partial charge is 0.493 e. The molecule has 8 nitrogen and oxygen atoms in total. The first-order valence-electron chi connectivity index (χ1n) is 9.00. The number of aliphatic imine (C=N–C) groups is 1. The monoisotopic (exact) mass is 415 g/mol. The summed E-state index contributed by atoms with van der Waals surface area (Å²) in [5, 5.41) is 10.9. The van der Waals surface area contributed by atoms with Gasteiger partial charge in [-0.05, 0) is 31.2 Å². The van der Waals surface area contributed by atoms with Crippen molar-refractivity contribution in [2.24, 2.45) is 4.99 Å². The van der Waals surface area contributed by atoms with Crippen LogP contribution in [0.4, 0.5) is 5.69 Å². The Morgan fingerprint density at radius 2 is 2.07 bits per heavy atom. The second-order valence-corrected chi connectivity index (χ2v) is 6.31. The Bertz CT molecular complexity index is 990. The molecule has 1 heterocycles. The van der Waals surface area contributed by atoms with Crippen LogP contribution in [0.3, 0.4) is 0 Å². The molecule has 0 amide bonds. The number of nitrogens with zero attached hydrogens (tertiary/aromatic N) is 3. The topological polar surface area (TPSA) is 93.8 Å². The first-order valence-corrected chi connectivity index (χ1v) is 9.37. The minimum absolute atomic E-state index is 0.307. The third-order valence-electron chi connectivity index (χ3n) is 3.91. The van der Waals surface area contributed by atoms with Gasteiger partial charge in [-0.25, -0.2) is 0 Å². The van der Waals surface area contributed by atoms with Crippen LogP contribution in [0.25, 0.3) is 11.4 Å². The van der Waals surface area contributed by atoms with Gasteiger partial charge in [0.15, 0.2) is 17.5 Å². The highest BCUT2D eigenvalue weighted by molar-refractivity contribution is 6.30. The van der Waals surface area contributed by atoms with Crippen LogP contribution in [0, 0.1) is 0 Å². The Labute approximate surface area is 173 Å². The summed E-state index contributed by atoms with van der Waals surface area (Å²) < 4.78 is 16.2. The summed E-state index contributed by atoms with van der Waals surface area (Å²) in [6.07, 6.45) is 0. The van der Waals surface area contributed by atoms with Gasteiger partial charge in [0, 0.05) is 29.4 Å². The van der Waals surface area contributed by atoms with E-state index in [0.29, 0.717) is 47.3 Å². The summed E-state index contributed by atoms with van der Waals surface area (Å²) in [7, 11) is 3.27. The number of methoxy groups -OCH3 is 1. The van der Waals surface area contributed by atoms with E-state index in [1.165, 1.54) is 0 Å². The van der Waals surface area contributed by atoms with Crippen molar-refractivity contribution >= 4 is 23.2 Å². The maximum atomic E-state index is 6.01. The van der Waals surface area contributed by atoms with Gasteiger partial charge in [-0.3, -0.25) is 4.99 Å². The lowest BCUT2D eigenvalue weighted by Gasteiger charge is -2.13. The molecule has 0 aliphatic carbocycles. The number of aromatic nitrogens is 2. The molecule has 2 aromatic carbocycles. The predicted octanol–water partition coefficient (Wildman–Crippen LogP) is 3.98. The van der Waals surface area contributed by atoms with E-state index >= 15 is 0 Å². The molecule has 0 spiro atoms. The van der Waals surface area contributed by atoms with E-state index < -0.39 is 0 Å². The number of nitrogens with one attached hydrogen (secondary N) is 2. The van der Waals surface area contributed by atoms with Crippen LogP contribution < -0.4 is 20.1 Å². The van der Waals surface area contributed by atoms with Crippen molar-refractivity contribution in [3.05, 3.63) is 53.4 Å². The molecule has 3 rings (SSSR count). The Morgan fingerprint density at radius 1 is 1.21 bits per heavy atom. The minimum atomic E-state index is 0.307. The molecule has 0 radical (unpaired) electrons. The highest BCUT2D eigenvalue weighted by atomic mass is 35.5. The van der Waals surface area contributed by atoms with Gasteiger partial charge < -0.3 is 24.6 Å². The molecule has 2 N–H and O–H groups in total. The van der Waals surface area contributed by atoms with Crippen molar-refractivity contribution in [2.45, 2.75) is 13.5 Å². The van der Waals surface area contributed by atoms with E-state index in [9.17, 15) is 0 Å². The third kappa shape index (κ3) is 5.39. The van der Waals surface area contributed by atoms with Gasteiger partial charge in [0.25, 0.3) is 0 Å². The second kappa shape index (κ2) is 9.79. The number of halogens is 1. The number of ether oxygens (including phenoxy) is 2. The van der Waals surface area contributed by atoms with Crippen molar-refractivity contribution in [3.8, 4) is 22.9 Å². The number of benzene rings is 2. The Kier molecular flexibility index (Phi) is 6.91. The second-order valence-electron chi connectivity index (χ2n) is 5.87. The number of hydrogen-bond acceptors (Lipinski definition) is 6. The molecule has 0 saturated carbocycles. The smallest absolute Gasteiger partial charge is 0.246 e. The lowest BCUT2D eigenvalue weighted by Crippen LogP contribution is -2.30. The standard InChI is InChI=1S/C20H22ClN5O3/c1-4-28-16-9-8-15(11-17(16)27-3)24-20(22-2)23-12-18-25-19(26-29-18)13-6-5-7-14(21)10-13/h5-11H,4,12H2,1-3H3,(H2,22,23,24). The number of guanidine groups is 1. The lowest BCUT2D eigenvalue weighted by molar-refractivity contribution is 0.311. The Balaban J connectivity index is 1.63. The van der Waals surface area contributed by atoms with E-state index in [-0.39, 0.29) is 0 Å². The van der Waals surface area contributed by atoms with Crippen LogP contribution in [-0.2, 0) is 6.54 Å². The lowest BCUT2D eigenvalue weighted by atomic mass is 10.2. The molecule has 0 aliphatic heterocycles. The van der Waals surface area contributed by atoms with Crippen molar-refractivity contribution in [1.29, 1.82) is 0 Å². The maximum absolute atomic E-state index is 6.01. The fourth-order valence-corrected chi connectivity index (χ4v) is 2.76.